The molecule has 1 atom stereocenters. The second-order valence-electron chi connectivity index (χ2n) is 6.20. The van der Waals surface area contributed by atoms with Crippen molar-refractivity contribution in [3.05, 3.63) is 28.7 Å². The van der Waals surface area contributed by atoms with E-state index in [1.807, 2.05) is 29.2 Å². The Morgan fingerprint density at radius 1 is 1.22 bits per heavy atom. The van der Waals surface area contributed by atoms with Crippen LogP contribution in [-0.4, -0.2) is 41.6 Å². The van der Waals surface area contributed by atoms with E-state index in [-0.39, 0.29) is 17.7 Å². The van der Waals surface area contributed by atoms with Gasteiger partial charge in [-0.2, -0.15) is 0 Å². The third-order valence-electron chi connectivity index (χ3n) is 4.24. The van der Waals surface area contributed by atoms with Crippen molar-refractivity contribution in [3.63, 3.8) is 0 Å². The van der Waals surface area contributed by atoms with Crippen LogP contribution in [0.15, 0.2) is 33.6 Å². The Morgan fingerprint density at radius 2 is 1.96 bits per heavy atom. The molecule has 1 aliphatic carbocycles. The summed E-state index contributed by atoms with van der Waals surface area (Å²) in [5.41, 5.74) is 0. The molecule has 0 aromatic heterocycles. The zero-order valence-electron chi connectivity index (χ0n) is 13.0. The van der Waals surface area contributed by atoms with Crippen molar-refractivity contribution in [3.8, 4) is 0 Å². The first-order valence-electron chi connectivity index (χ1n) is 8.08. The van der Waals surface area contributed by atoms with E-state index in [2.05, 4.69) is 21.2 Å². The van der Waals surface area contributed by atoms with Gasteiger partial charge in [0.15, 0.2) is 0 Å². The minimum Gasteiger partial charge on any atom is -0.353 e. The second kappa shape index (κ2) is 7.71. The van der Waals surface area contributed by atoms with Gasteiger partial charge in [-0.25, -0.2) is 0 Å². The lowest BCUT2D eigenvalue weighted by molar-refractivity contribution is -0.133. The third kappa shape index (κ3) is 4.98. The standard InChI is InChI=1S/C17H21BrN2O2S/c18-13-3-7-15(8-4-13)23-11-16(21)20-9-1-2-12(10-20)17(22)19-14-5-6-14/h3-4,7-8,12,14H,1-2,5-6,9-11H2,(H,19,22). The van der Waals surface area contributed by atoms with Crippen LogP contribution >= 0.6 is 27.7 Å². The van der Waals surface area contributed by atoms with Crippen molar-refractivity contribution < 1.29 is 9.59 Å². The minimum absolute atomic E-state index is 0.0361. The zero-order chi connectivity index (χ0) is 16.2. The number of likely N-dealkylation sites (tertiary alicyclic amines) is 1. The summed E-state index contributed by atoms with van der Waals surface area (Å²) >= 11 is 4.96. The average Bonchev–Trinajstić information content (AvgIpc) is 3.38. The summed E-state index contributed by atoms with van der Waals surface area (Å²) < 4.78 is 1.04. The number of piperidine rings is 1. The highest BCUT2D eigenvalue weighted by Gasteiger charge is 2.31. The van der Waals surface area contributed by atoms with Crippen LogP contribution in [0.4, 0.5) is 0 Å². The number of benzene rings is 1. The van der Waals surface area contributed by atoms with E-state index in [0.29, 0.717) is 18.3 Å². The summed E-state index contributed by atoms with van der Waals surface area (Å²) in [4.78, 5) is 27.5. The molecule has 1 aromatic rings. The molecule has 1 aliphatic heterocycles. The van der Waals surface area contributed by atoms with Gasteiger partial charge in [-0.1, -0.05) is 15.9 Å². The molecule has 1 aromatic carbocycles. The van der Waals surface area contributed by atoms with Gasteiger partial charge in [-0.3, -0.25) is 9.59 Å². The molecule has 124 valence electrons. The van der Waals surface area contributed by atoms with Crippen molar-refractivity contribution in [1.82, 2.24) is 10.2 Å². The first kappa shape index (κ1) is 16.8. The molecule has 4 nitrogen and oxygen atoms in total. The van der Waals surface area contributed by atoms with E-state index in [1.54, 1.807) is 11.8 Å². The molecular formula is C17H21BrN2O2S. The van der Waals surface area contributed by atoms with Gasteiger partial charge in [0.25, 0.3) is 0 Å². The van der Waals surface area contributed by atoms with Crippen LogP contribution in [0.25, 0.3) is 0 Å². The minimum atomic E-state index is -0.0361. The molecule has 2 amide bonds. The summed E-state index contributed by atoms with van der Waals surface area (Å²) in [6.07, 6.45) is 4.01. The van der Waals surface area contributed by atoms with Crippen LogP contribution < -0.4 is 5.32 Å². The Morgan fingerprint density at radius 3 is 2.65 bits per heavy atom. The number of nitrogens with zero attached hydrogens (tertiary/aromatic N) is 1. The molecular weight excluding hydrogens is 376 g/mol. The molecule has 1 N–H and O–H groups in total. The number of hydrogen-bond donors (Lipinski definition) is 1. The summed E-state index contributed by atoms with van der Waals surface area (Å²) in [6.45, 7) is 1.34. The molecule has 2 fully saturated rings. The fourth-order valence-electron chi connectivity index (χ4n) is 2.73. The SMILES string of the molecule is O=C(NC1CC1)C1CCCN(C(=O)CSc2ccc(Br)cc2)C1. The maximum atomic E-state index is 12.4. The highest BCUT2D eigenvalue weighted by Crippen LogP contribution is 2.24. The van der Waals surface area contributed by atoms with Crippen LogP contribution in [0, 0.1) is 5.92 Å². The second-order valence-corrected chi connectivity index (χ2v) is 8.17. The number of carbonyl (C=O) groups excluding carboxylic acids is 2. The smallest absolute Gasteiger partial charge is 0.232 e. The molecule has 23 heavy (non-hydrogen) atoms. The summed E-state index contributed by atoms with van der Waals surface area (Å²) in [5.74, 6) is 0.650. The predicted octanol–water partition coefficient (Wildman–Crippen LogP) is 3.06. The van der Waals surface area contributed by atoms with Gasteiger partial charge in [0.1, 0.15) is 0 Å². The number of halogens is 1. The Hall–Kier alpha value is -1.01. The zero-order valence-corrected chi connectivity index (χ0v) is 15.4. The molecule has 6 heteroatoms. The lowest BCUT2D eigenvalue weighted by atomic mass is 9.97. The molecule has 0 spiro atoms. The number of hydrogen-bond acceptors (Lipinski definition) is 3. The normalized spacial score (nSPS) is 21.1. The lowest BCUT2D eigenvalue weighted by Gasteiger charge is -2.32. The number of rotatable bonds is 5. The third-order valence-corrected chi connectivity index (χ3v) is 5.77. The fourth-order valence-corrected chi connectivity index (χ4v) is 3.80. The van der Waals surface area contributed by atoms with Crippen molar-refractivity contribution in [1.29, 1.82) is 0 Å². The molecule has 2 aliphatic rings. The van der Waals surface area contributed by atoms with Gasteiger partial charge < -0.3 is 10.2 Å². The summed E-state index contributed by atoms with van der Waals surface area (Å²) in [5, 5.41) is 3.06. The van der Waals surface area contributed by atoms with E-state index in [0.717, 1.165) is 41.6 Å². The fraction of sp³-hybridized carbons (Fsp3) is 0.529. The maximum absolute atomic E-state index is 12.4. The lowest BCUT2D eigenvalue weighted by Crippen LogP contribution is -2.46. The topological polar surface area (TPSA) is 49.4 Å². The van der Waals surface area contributed by atoms with Gasteiger partial charge in [-0.05, 0) is 49.9 Å². The molecule has 1 unspecified atom stereocenters. The van der Waals surface area contributed by atoms with Crippen LogP contribution in [0.2, 0.25) is 0 Å². The van der Waals surface area contributed by atoms with E-state index < -0.39 is 0 Å². The van der Waals surface area contributed by atoms with Gasteiger partial charge in [0.2, 0.25) is 11.8 Å². The molecule has 1 saturated heterocycles. The summed E-state index contributed by atoms with van der Waals surface area (Å²) in [7, 11) is 0. The van der Waals surface area contributed by atoms with Crippen molar-refractivity contribution in [2.24, 2.45) is 5.92 Å². The van der Waals surface area contributed by atoms with Gasteiger partial charge in [-0.15, -0.1) is 11.8 Å². The Balaban J connectivity index is 1.48. The predicted molar refractivity (Wildman–Crippen MR) is 95.3 cm³/mol. The molecule has 0 bridgehead atoms. The van der Waals surface area contributed by atoms with Gasteiger partial charge in [0, 0.05) is 28.5 Å². The van der Waals surface area contributed by atoms with E-state index in [9.17, 15) is 9.59 Å². The highest BCUT2D eigenvalue weighted by atomic mass is 79.9. The largest absolute Gasteiger partial charge is 0.353 e. The van der Waals surface area contributed by atoms with Gasteiger partial charge >= 0.3 is 0 Å². The number of carbonyl (C=O) groups is 2. The van der Waals surface area contributed by atoms with Crippen molar-refractivity contribution in [2.45, 2.75) is 36.6 Å². The Labute approximate surface area is 149 Å². The first-order valence-corrected chi connectivity index (χ1v) is 9.86. The first-order chi connectivity index (χ1) is 11.1. The number of amides is 2. The Bertz CT molecular complexity index is 574. The molecule has 0 radical (unpaired) electrons. The van der Waals surface area contributed by atoms with Gasteiger partial charge in [0.05, 0.1) is 11.7 Å². The van der Waals surface area contributed by atoms with E-state index >= 15 is 0 Å². The highest BCUT2D eigenvalue weighted by molar-refractivity contribution is 9.10. The molecule has 3 rings (SSSR count). The van der Waals surface area contributed by atoms with Crippen LogP contribution in [0.3, 0.4) is 0 Å². The number of thioether (sulfide) groups is 1. The molecule has 1 heterocycles. The van der Waals surface area contributed by atoms with Crippen molar-refractivity contribution >= 4 is 39.5 Å². The number of nitrogens with one attached hydrogen (secondary N) is 1. The Kier molecular flexibility index (Phi) is 5.64. The van der Waals surface area contributed by atoms with Crippen LogP contribution in [0.5, 0.6) is 0 Å². The van der Waals surface area contributed by atoms with Crippen molar-refractivity contribution in [2.75, 3.05) is 18.8 Å². The quantitative estimate of drug-likeness (QED) is 0.777. The monoisotopic (exact) mass is 396 g/mol. The maximum Gasteiger partial charge on any atom is 0.232 e. The van der Waals surface area contributed by atoms with E-state index in [4.69, 9.17) is 0 Å². The molecule has 1 saturated carbocycles. The van der Waals surface area contributed by atoms with Crippen LogP contribution in [-0.2, 0) is 9.59 Å². The summed E-state index contributed by atoms with van der Waals surface area (Å²) in [6, 6.07) is 8.35. The van der Waals surface area contributed by atoms with Crippen LogP contribution in [0.1, 0.15) is 25.7 Å². The average molecular weight is 397 g/mol. The van der Waals surface area contributed by atoms with E-state index in [1.165, 1.54) is 0 Å².